The van der Waals surface area contributed by atoms with E-state index in [1.807, 2.05) is 54.6 Å². The van der Waals surface area contributed by atoms with Crippen LogP contribution in [0.1, 0.15) is 35.6 Å². The van der Waals surface area contributed by atoms with Gasteiger partial charge >= 0.3 is 11.9 Å². The largest absolute Gasteiger partial charge is 0.457 e. The summed E-state index contributed by atoms with van der Waals surface area (Å²) in [5.74, 6) is -1.40. The predicted octanol–water partition coefficient (Wildman–Crippen LogP) is 5.11. The van der Waals surface area contributed by atoms with E-state index in [9.17, 15) is 14.4 Å². The molecule has 4 aromatic rings. The summed E-state index contributed by atoms with van der Waals surface area (Å²) in [6.07, 6.45) is 2.99. The van der Waals surface area contributed by atoms with E-state index in [2.05, 4.69) is 15.9 Å². The first-order valence-corrected chi connectivity index (χ1v) is 12.7. The Morgan fingerprint density at radius 2 is 1.95 bits per heavy atom. The average Bonchev–Trinajstić information content (AvgIpc) is 3.26. The summed E-state index contributed by atoms with van der Waals surface area (Å²) in [7, 11) is 0. The summed E-state index contributed by atoms with van der Waals surface area (Å²) in [5.41, 5.74) is 2.46. The second-order valence-electron chi connectivity index (χ2n) is 9.06. The summed E-state index contributed by atoms with van der Waals surface area (Å²) in [6, 6.07) is 18.9. The number of pyridine rings is 2. The standard InChI is InChI=1S/C29H21BrN2O5/c1-2-29(37-25(33)12-9-17-7-10-20(30)11-8-17)22-14-24-26-19(13-18-5-3-4-6-23(18)31-26)15-32(24)27(34)21(22)16-36-28(29)35/h3-14H,2,15-16H2,1H3/b12-9+/t29-/m0/s1. The normalized spacial score (nSPS) is 17.8. The smallest absolute Gasteiger partial charge is 0.355 e. The SMILES string of the molecule is CC[C@@]1(OC(=O)/C=C/c2ccc(Br)cc2)C(=O)OCc2c1cc1n(c2=O)Cc2cc3ccccc3nc2-1. The molecule has 0 bridgehead atoms. The second-order valence-corrected chi connectivity index (χ2v) is 9.98. The van der Waals surface area contributed by atoms with Gasteiger partial charge in [-0.15, -0.1) is 0 Å². The number of benzene rings is 2. The lowest BCUT2D eigenvalue weighted by atomic mass is 9.85. The molecule has 8 heteroatoms. The van der Waals surface area contributed by atoms with Gasteiger partial charge < -0.3 is 14.0 Å². The number of hydrogen-bond acceptors (Lipinski definition) is 6. The predicted molar refractivity (Wildman–Crippen MR) is 142 cm³/mol. The minimum Gasteiger partial charge on any atom is -0.457 e. The first-order chi connectivity index (χ1) is 17.9. The molecule has 0 fully saturated rings. The molecular weight excluding hydrogens is 536 g/mol. The van der Waals surface area contributed by atoms with Crippen molar-refractivity contribution in [2.75, 3.05) is 0 Å². The van der Waals surface area contributed by atoms with Crippen molar-refractivity contribution in [3.05, 3.63) is 104 Å². The minimum absolute atomic E-state index is 0.109. The lowest BCUT2D eigenvalue weighted by Gasteiger charge is -2.35. The van der Waals surface area contributed by atoms with Crippen molar-refractivity contribution in [1.82, 2.24) is 9.55 Å². The fraction of sp³-hybridized carbons (Fsp3) is 0.172. The van der Waals surface area contributed by atoms with Crippen LogP contribution in [0.15, 0.2) is 76.0 Å². The summed E-state index contributed by atoms with van der Waals surface area (Å²) in [6.45, 7) is 1.93. The molecule has 0 saturated carbocycles. The number of ether oxygens (including phenoxy) is 2. The Kier molecular flexibility index (Phi) is 5.56. The molecule has 0 unspecified atom stereocenters. The maximum Gasteiger partial charge on any atom is 0.355 e. The fourth-order valence-electron chi connectivity index (χ4n) is 5.03. The molecule has 7 nitrogen and oxygen atoms in total. The fourth-order valence-corrected chi connectivity index (χ4v) is 5.29. The monoisotopic (exact) mass is 556 g/mol. The Bertz CT molecular complexity index is 1690. The summed E-state index contributed by atoms with van der Waals surface area (Å²) in [4.78, 5) is 44.4. The third-order valence-electron chi connectivity index (χ3n) is 6.94. The van der Waals surface area contributed by atoms with Crippen molar-refractivity contribution in [2.45, 2.75) is 32.1 Å². The Morgan fingerprint density at radius 1 is 1.16 bits per heavy atom. The summed E-state index contributed by atoms with van der Waals surface area (Å²) < 4.78 is 13.8. The lowest BCUT2D eigenvalue weighted by Crippen LogP contribution is -2.47. The third-order valence-corrected chi connectivity index (χ3v) is 7.47. The van der Waals surface area contributed by atoms with Crippen LogP contribution in [0.5, 0.6) is 0 Å². The van der Waals surface area contributed by atoms with E-state index in [4.69, 9.17) is 14.5 Å². The maximum atomic E-state index is 13.6. The number of cyclic esters (lactones) is 1. The highest BCUT2D eigenvalue weighted by Gasteiger charge is 2.50. The first-order valence-electron chi connectivity index (χ1n) is 11.9. The molecule has 0 spiro atoms. The molecule has 2 aromatic carbocycles. The lowest BCUT2D eigenvalue weighted by molar-refractivity contribution is -0.186. The van der Waals surface area contributed by atoms with Crippen molar-refractivity contribution in [3.8, 4) is 11.4 Å². The zero-order valence-corrected chi connectivity index (χ0v) is 21.4. The van der Waals surface area contributed by atoms with Crippen molar-refractivity contribution in [3.63, 3.8) is 0 Å². The van der Waals surface area contributed by atoms with Gasteiger partial charge in [0.1, 0.15) is 6.61 Å². The van der Waals surface area contributed by atoms with Crippen LogP contribution in [0.25, 0.3) is 28.4 Å². The Hall–Kier alpha value is -4.04. The van der Waals surface area contributed by atoms with Gasteiger partial charge in [0.05, 0.1) is 29.0 Å². The van der Waals surface area contributed by atoms with Gasteiger partial charge in [0.25, 0.3) is 5.56 Å². The van der Waals surface area contributed by atoms with E-state index < -0.39 is 17.5 Å². The van der Waals surface area contributed by atoms with E-state index in [1.165, 1.54) is 6.08 Å². The molecule has 0 N–H and O–H groups in total. The van der Waals surface area contributed by atoms with Crippen LogP contribution < -0.4 is 5.56 Å². The van der Waals surface area contributed by atoms with Gasteiger partial charge in [-0.1, -0.05) is 53.2 Å². The maximum absolute atomic E-state index is 13.6. The Balaban J connectivity index is 1.43. The molecule has 0 saturated heterocycles. The van der Waals surface area contributed by atoms with Gasteiger partial charge in [-0.05, 0) is 48.4 Å². The highest BCUT2D eigenvalue weighted by Crippen LogP contribution is 2.41. The number of esters is 2. The van der Waals surface area contributed by atoms with E-state index in [0.29, 0.717) is 29.1 Å². The number of nitrogens with zero attached hydrogens (tertiary/aromatic N) is 2. The van der Waals surface area contributed by atoms with E-state index in [-0.39, 0.29) is 18.6 Å². The number of aromatic nitrogens is 2. The van der Waals surface area contributed by atoms with Gasteiger partial charge in [0.2, 0.25) is 5.60 Å². The molecule has 2 aliphatic rings. The summed E-state index contributed by atoms with van der Waals surface area (Å²) >= 11 is 3.38. The Labute approximate surface area is 220 Å². The van der Waals surface area contributed by atoms with Crippen LogP contribution >= 0.6 is 15.9 Å². The van der Waals surface area contributed by atoms with Crippen molar-refractivity contribution in [2.24, 2.45) is 0 Å². The van der Waals surface area contributed by atoms with Gasteiger partial charge in [0.15, 0.2) is 0 Å². The molecule has 0 amide bonds. The number of carbonyl (C=O) groups is 2. The van der Waals surface area contributed by atoms with Crippen molar-refractivity contribution in [1.29, 1.82) is 0 Å². The average molecular weight is 557 g/mol. The zero-order chi connectivity index (χ0) is 25.7. The molecule has 0 aliphatic carbocycles. The summed E-state index contributed by atoms with van der Waals surface area (Å²) in [5, 5.41) is 0.986. The van der Waals surface area contributed by atoms with Crippen LogP contribution in [-0.2, 0) is 37.8 Å². The molecule has 6 rings (SSSR count). The van der Waals surface area contributed by atoms with Gasteiger partial charge in [0, 0.05) is 27.1 Å². The number of hydrogen-bond donors (Lipinski definition) is 0. The van der Waals surface area contributed by atoms with Gasteiger partial charge in [-0.25, -0.2) is 14.6 Å². The van der Waals surface area contributed by atoms with Crippen molar-refractivity contribution < 1.29 is 19.1 Å². The van der Waals surface area contributed by atoms with Crippen LogP contribution in [0.2, 0.25) is 0 Å². The molecule has 4 heterocycles. The highest BCUT2D eigenvalue weighted by molar-refractivity contribution is 9.10. The molecule has 0 radical (unpaired) electrons. The van der Waals surface area contributed by atoms with Crippen molar-refractivity contribution >= 4 is 44.8 Å². The molecule has 2 aliphatic heterocycles. The Morgan fingerprint density at radius 3 is 2.73 bits per heavy atom. The molecule has 37 heavy (non-hydrogen) atoms. The third kappa shape index (κ3) is 3.79. The topological polar surface area (TPSA) is 87.5 Å². The molecule has 1 atom stereocenters. The number of rotatable bonds is 4. The van der Waals surface area contributed by atoms with E-state index in [0.717, 1.165) is 26.5 Å². The molecule has 2 aromatic heterocycles. The first kappa shape index (κ1) is 23.4. The minimum atomic E-state index is -1.73. The quantitative estimate of drug-likeness (QED) is 0.226. The molecule has 184 valence electrons. The second kappa shape index (κ2) is 8.81. The highest BCUT2D eigenvalue weighted by atomic mass is 79.9. The van der Waals surface area contributed by atoms with Crippen LogP contribution in [0.3, 0.4) is 0 Å². The van der Waals surface area contributed by atoms with Gasteiger partial charge in [-0.3, -0.25) is 4.79 Å². The number of carbonyl (C=O) groups excluding carboxylic acids is 2. The number of fused-ring (bicyclic) bond motifs is 5. The molecular formula is C29H21BrN2O5. The number of para-hydroxylation sites is 1. The zero-order valence-electron chi connectivity index (χ0n) is 19.9. The van der Waals surface area contributed by atoms with Crippen LogP contribution in [-0.4, -0.2) is 21.5 Å². The van der Waals surface area contributed by atoms with Gasteiger partial charge in [-0.2, -0.15) is 0 Å². The number of halogens is 1. The van der Waals surface area contributed by atoms with E-state index >= 15 is 0 Å². The van der Waals surface area contributed by atoms with Crippen LogP contribution in [0.4, 0.5) is 0 Å². The van der Waals surface area contributed by atoms with Crippen LogP contribution in [0, 0.1) is 0 Å². The van der Waals surface area contributed by atoms with E-state index in [1.54, 1.807) is 23.6 Å².